The maximum atomic E-state index is 13.1. The van der Waals surface area contributed by atoms with Gasteiger partial charge in [0.05, 0.1) is 17.5 Å². The number of hydrogen-bond donors (Lipinski definition) is 1. The summed E-state index contributed by atoms with van der Waals surface area (Å²) in [4.78, 5) is 8.80. The molecule has 12 heteroatoms. The molecule has 4 rings (SSSR count). The van der Waals surface area contributed by atoms with Crippen LogP contribution in [0.3, 0.4) is 0 Å². The van der Waals surface area contributed by atoms with Crippen molar-refractivity contribution in [2.45, 2.75) is 26.6 Å². The standard InChI is InChI=1S/C20H19F3N8O/c1-12-7-13(2)31(28-12)19-25-17(24-15-6-4-5-14(8-15)20(21,22)23)9-18(26-19)32-11-16-10-30(3)29-27-16/h4-10H,11H2,1-3H3,(H,24,25,26). The van der Waals surface area contributed by atoms with Crippen molar-refractivity contribution in [3.63, 3.8) is 0 Å². The summed E-state index contributed by atoms with van der Waals surface area (Å²) in [6.07, 6.45) is -2.76. The molecule has 3 aromatic heterocycles. The highest BCUT2D eigenvalue weighted by molar-refractivity contribution is 5.58. The summed E-state index contributed by atoms with van der Waals surface area (Å²) < 4.78 is 48.0. The molecule has 0 unspecified atom stereocenters. The number of alkyl halides is 3. The van der Waals surface area contributed by atoms with Crippen LogP contribution in [0.1, 0.15) is 22.6 Å². The molecule has 166 valence electrons. The molecule has 0 saturated carbocycles. The van der Waals surface area contributed by atoms with Crippen molar-refractivity contribution in [2.75, 3.05) is 5.32 Å². The van der Waals surface area contributed by atoms with Gasteiger partial charge in [-0.25, -0.2) is 4.68 Å². The molecule has 0 atom stereocenters. The van der Waals surface area contributed by atoms with Crippen LogP contribution in [-0.2, 0) is 19.8 Å². The van der Waals surface area contributed by atoms with Gasteiger partial charge in [-0.3, -0.25) is 4.68 Å². The van der Waals surface area contributed by atoms with E-state index < -0.39 is 11.7 Å². The second-order valence-electron chi connectivity index (χ2n) is 7.11. The Morgan fingerprint density at radius 2 is 1.91 bits per heavy atom. The summed E-state index contributed by atoms with van der Waals surface area (Å²) in [5.41, 5.74) is 1.60. The van der Waals surface area contributed by atoms with E-state index in [0.717, 1.165) is 23.5 Å². The van der Waals surface area contributed by atoms with Crippen LogP contribution in [0.5, 0.6) is 5.88 Å². The molecule has 0 amide bonds. The van der Waals surface area contributed by atoms with E-state index in [9.17, 15) is 13.2 Å². The number of halogens is 3. The van der Waals surface area contributed by atoms with Gasteiger partial charge in [-0.05, 0) is 38.1 Å². The number of rotatable bonds is 6. The fourth-order valence-electron chi connectivity index (χ4n) is 3.01. The third kappa shape index (κ3) is 4.85. The molecule has 0 radical (unpaired) electrons. The summed E-state index contributed by atoms with van der Waals surface area (Å²) in [5.74, 6) is 0.653. The minimum Gasteiger partial charge on any atom is -0.471 e. The van der Waals surface area contributed by atoms with Crippen LogP contribution in [0.15, 0.2) is 42.6 Å². The smallest absolute Gasteiger partial charge is 0.416 e. The zero-order valence-corrected chi connectivity index (χ0v) is 17.4. The highest BCUT2D eigenvalue weighted by atomic mass is 19.4. The Bertz CT molecular complexity index is 1250. The molecule has 0 fully saturated rings. The van der Waals surface area contributed by atoms with Crippen LogP contribution >= 0.6 is 0 Å². The zero-order chi connectivity index (χ0) is 22.9. The molecule has 0 bridgehead atoms. The van der Waals surface area contributed by atoms with Gasteiger partial charge in [-0.1, -0.05) is 11.3 Å². The van der Waals surface area contributed by atoms with Gasteiger partial charge in [0.25, 0.3) is 5.95 Å². The van der Waals surface area contributed by atoms with Gasteiger partial charge >= 0.3 is 6.18 Å². The first kappa shape index (κ1) is 21.3. The van der Waals surface area contributed by atoms with Crippen molar-refractivity contribution in [3.05, 3.63) is 65.2 Å². The van der Waals surface area contributed by atoms with Gasteiger partial charge in [-0.2, -0.15) is 28.2 Å². The van der Waals surface area contributed by atoms with Crippen molar-refractivity contribution in [3.8, 4) is 11.8 Å². The minimum atomic E-state index is -4.46. The minimum absolute atomic E-state index is 0.102. The first-order valence-electron chi connectivity index (χ1n) is 9.52. The van der Waals surface area contributed by atoms with E-state index in [4.69, 9.17) is 4.74 Å². The number of aromatic nitrogens is 7. The Morgan fingerprint density at radius 3 is 2.56 bits per heavy atom. The largest absolute Gasteiger partial charge is 0.471 e. The monoisotopic (exact) mass is 444 g/mol. The van der Waals surface area contributed by atoms with E-state index in [1.807, 2.05) is 19.9 Å². The normalized spacial score (nSPS) is 11.6. The summed E-state index contributed by atoms with van der Waals surface area (Å²) >= 11 is 0. The van der Waals surface area contributed by atoms with Crippen LogP contribution in [0.4, 0.5) is 24.7 Å². The second kappa shape index (κ2) is 8.29. The van der Waals surface area contributed by atoms with Gasteiger partial charge in [-0.15, -0.1) is 5.10 Å². The Kier molecular flexibility index (Phi) is 5.51. The molecule has 1 N–H and O–H groups in total. The lowest BCUT2D eigenvalue weighted by Crippen LogP contribution is -2.09. The van der Waals surface area contributed by atoms with Crippen molar-refractivity contribution >= 4 is 11.5 Å². The SMILES string of the molecule is Cc1cc(C)n(-c2nc(Nc3cccc(C(F)(F)F)c3)cc(OCc3cn(C)nn3)n2)n1. The Hall–Kier alpha value is -3.96. The lowest BCUT2D eigenvalue weighted by atomic mass is 10.2. The van der Waals surface area contributed by atoms with Crippen molar-refractivity contribution in [1.82, 2.24) is 34.7 Å². The Labute approximate surface area is 180 Å². The topological polar surface area (TPSA) is 95.6 Å². The predicted molar refractivity (Wildman–Crippen MR) is 109 cm³/mol. The Balaban J connectivity index is 1.67. The van der Waals surface area contributed by atoms with Crippen LogP contribution in [-0.4, -0.2) is 34.7 Å². The number of anilines is 2. The number of nitrogens with zero attached hydrogens (tertiary/aromatic N) is 7. The lowest BCUT2D eigenvalue weighted by molar-refractivity contribution is -0.137. The number of nitrogens with one attached hydrogen (secondary N) is 1. The number of aryl methyl sites for hydroxylation is 3. The van der Waals surface area contributed by atoms with E-state index in [0.29, 0.717) is 5.69 Å². The highest BCUT2D eigenvalue weighted by Crippen LogP contribution is 2.31. The van der Waals surface area contributed by atoms with Gasteiger partial charge in [0.1, 0.15) is 18.1 Å². The molecule has 9 nitrogen and oxygen atoms in total. The number of hydrogen-bond acceptors (Lipinski definition) is 7. The van der Waals surface area contributed by atoms with E-state index >= 15 is 0 Å². The zero-order valence-electron chi connectivity index (χ0n) is 17.4. The van der Waals surface area contributed by atoms with Gasteiger partial charge in [0.15, 0.2) is 0 Å². The molecule has 4 aromatic rings. The molecule has 32 heavy (non-hydrogen) atoms. The molecular weight excluding hydrogens is 425 g/mol. The summed E-state index contributed by atoms with van der Waals surface area (Å²) in [7, 11) is 1.74. The van der Waals surface area contributed by atoms with E-state index in [1.165, 1.54) is 22.9 Å². The van der Waals surface area contributed by atoms with E-state index in [1.54, 1.807) is 17.9 Å². The molecular formula is C20H19F3N8O. The maximum absolute atomic E-state index is 13.1. The fourth-order valence-corrected chi connectivity index (χ4v) is 3.01. The van der Waals surface area contributed by atoms with Crippen LogP contribution in [0.2, 0.25) is 0 Å². The first-order chi connectivity index (χ1) is 15.2. The first-order valence-corrected chi connectivity index (χ1v) is 9.52. The van der Waals surface area contributed by atoms with Crippen LogP contribution in [0.25, 0.3) is 5.95 Å². The maximum Gasteiger partial charge on any atom is 0.416 e. The van der Waals surface area contributed by atoms with Gasteiger partial charge < -0.3 is 10.1 Å². The third-order valence-corrected chi connectivity index (χ3v) is 4.37. The second-order valence-corrected chi connectivity index (χ2v) is 7.11. The lowest BCUT2D eigenvalue weighted by Gasteiger charge is -2.13. The molecule has 3 heterocycles. The molecule has 0 aliphatic heterocycles. The molecule has 0 saturated heterocycles. The Morgan fingerprint density at radius 1 is 1.09 bits per heavy atom. The summed E-state index contributed by atoms with van der Waals surface area (Å²) in [6.45, 7) is 3.78. The number of benzene rings is 1. The quantitative estimate of drug-likeness (QED) is 0.484. The summed E-state index contributed by atoms with van der Waals surface area (Å²) in [5, 5.41) is 15.1. The highest BCUT2D eigenvalue weighted by Gasteiger charge is 2.30. The van der Waals surface area contributed by atoms with Crippen molar-refractivity contribution < 1.29 is 17.9 Å². The van der Waals surface area contributed by atoms with Crippen LogP contribution in [0, 0.1) is 13.8 Å². The van der Waals surface area contributed by atoms with Crippen LogP contribution < -0.4 is 10.1 Å². The average Bonchev–Trinajstić information content (AvgIpc) is 3.30. The molecule has 1 aromatic carbocycles. The van der Waals surface area contributed by atoms with Crippen molar-refractivity contribution in [1.29, 1.82) is 0 Å². The van der Waals surface area contributed by atoms with E-state index in [-0.39, 0.29) is 29.9 Å². The molecule has 0 aliphatic rings. The number of ether oxygens (including phenoxy) is 1. The molecule has 0 aliphatic carbocycles. The summed E-state index contributed by atoms with van der Waals surface area (Å²) in [6, 6.07) is 8.19. The predicted octanol–water partition coefficient (Wildman–Crippen LogP) is 3.75. The van der Waals surface area contributed by atoms with Gasteiger partial charge in [0, 0.05) is 24.5 Å². The fraction of sp³-hybridized carbons (Fsp3) is 0.250. The molecule has 0 spiro atoms. The van der Waals surface area contributed by atoms with Crippen molar-refractivity contribution in [2.24, 2.45) is 7.05 Å². The van der Waals surface area contributed by atoms with E-state index in [2.05, 4.69) is 30.7 Å². The average molecular weight is 444 g/mol. The third-order valence-electron chi connectivity index (χ3n) is 4.37. The van der Waals surface area contributed by atoms with Gasteiger partial charge in [0.2, 0.25) is 5.88 Å².